The number of carbonyl (C=O) groups is 1. The quantitative estimate of drug-likeness (QED) is 0.763. The summed E-state index contributed by atoms with van der Waals surface area (Å²) < 4.78 is 13.1. The van der Waals surface area contributed by atoms with Crippen LogP contribution in [-0.4, -0.2) is 30.4 Å². The van der Waals surface area contributed by atoms with E-state index in [4.69, 9.17) is 5.73 Å². The van der Waals surface area contributed by atoms with Gasteiger partial charge in [-0.15, -0.1) is 0 Å². The van der Waals surface area contributed by atoms with Gasteiger partial charge in [0, 0.05) is 37.4 Å². The molecule has 3 N–H and O–H groups in total. The number of hydrogen-bond acceptors (Lipinski definition) is 3. The highest BCUT2D eigenvalue weighted by Crippen LogP contribution is 2.15. The van der Waals surface area contributed by atoms with E-state index in [0.717, 1.165) is 0 Å². The van der Waals surface area contributed by atoms with Crippen molar-refractivity contribution in [2.45, 2.75) is 20.3 Å². The predicted molar refractivity (Wildman–Crippen MR) is 71.8 cm³/mol. The third-order valence-electron chi connectivity index (χ3n) is 2.70. The molecule has 0 saturated carbocycles. The normalized spacial score (nSPS) is 10.2. The van der Waals surface area contributed by atoms with Crippen LogP contribution in [0.15, 0.2) is 18.2 Å². The third-order valence-corrected chi connectivity index (χ3v) is 2.70. The molecule has 0 fully saturated rings. The maximum atomic E-state index is 13.1. The van der Waals surface area contributed by atoms with Gasteiger partial charge in [-0.3, -0.25) is 4.79 Å². The number of anilines is 2. The van der Waals surface area contributed by atoms with Crippen molar-refractivity contribution in [1.82, 2.24) is 4.90 Å². The molecule has 0 aliphatic rings. The minimum absolute atomic E-state index is 0.0943. The zero-order valence-electron chi connectivity index (χ0n) is 10.9. The second kappa shape index (κ2) is 6.83. The molecule has 1 amide bonds. The third kappa shape index (κ3) is 4.24. The number of rotatable bonds is 6. The lowest BCUT2D eigenvalue weighted by atomic mass is 10.2. The first-order valence-electron chi connectivity index (χ1n) is 6.14. The standard InChI is InChI=1S/C13H20FN3O/c1-3-17(4-2)13(18)5-6-16-12-8-10(14)7-11(15)9-12/h7-9,16H,3-6,15H2,1-2H3. The van der Waals surface area contributed by atoms with E-state index >= 15 is 0 Å². The van der Waals surface area contributed by atoms with Gasteiger partial charge < -0.3 is 16.0 Å². The Morgan fingerprint density at radius 2 is 2.00 bits per heavy atom. The molecule has 0 aromatic heterocycles. The molecule has 0 aliphatic carbocycles. The van der Waals surface area contributed by atoms with Crippen molar-refractivity contribution < 1.29 is 9.18 Å². The number of nitrogens with two attached hydrogens (primary N) is 1. The van der Waals surface area contributed by atoms with Crippen molar-refractivity contribution in [2.75, 3.05) is 30.7 Å². The number of benzene rings is 1. The summed E-state index contributed by atoms with van der Waals surface area (Å²) in [5.41, 5.74) is 6.49. The fourth-order valence-electron chi connectivity index (χ4n) is 1.76. The highest BCUT2D eigenvalue weighted by atomic mass is 19.1. The van der Waals surface area contributed by atoms with Crippen LogP contribution in [0.5, 0.6) is 0 Å². The Morgan fingerprint density at radius 3 is 2.56 bits per heavy atom. The number of nitrogen functional groups attached to an aromatic ring is 1. The molecule has 0 atom stereocenters. The lowest BCUT2D eigenvalue weighted by Gasteiger charge is -2.18. The molecule has 1 aromatic rings. The zero-order chi connectivity index (χ0) is 13.5. The van der Waals surface area contributed by atoms with Crippen LogP contribution in [0.25, 0.3) is 0 Å². The van der Waals surface area contributed by atoms with E-state index in [-0.39, 0.29) is 11.7 Å². The average molecular weight is 253 g/mol. The van der Waals surface area contributed by atoms with Crippen LogP contribution < -0.4 is 11.1 Å². The molecule has 0 heterocycles. The van der Waals surface area contributed by atoms with E-state index in [1.807, 2.05) is 13.8 Å². The summed E-state index contributed by atoms with van der Waals surface area (Å²) in [6.07, 6.45) is 0.387. The second-order valence-corrected chi connectivity index (χ2v) is 4.02. The number of nitrogens with zero attached hydrogens (tertiary/aromatic N) is 1. The monoisotopic (exact) mass is 253 g/mol. The number of hydrogen-bond donors (Lipinski definition) is 2. The van der Waals surface area contributed by atoms with Crippen LogP contribution in [0.2, 0.25) is 0 Å². The Morgan fingerprint density at radius 1 is 1.33 bits per heavy atom. The molecule has 4 nitrogen and oxygen atoms in total. The Bertz CT molecular complexity index is 385. The smallest absolute Gasteiger partial charge is 0.224 e. The largest absolute Gasteiger partial charge is 0.399 e. The van der Waals surface area contributed by atoms with Gasteiger partial charge in [0.2, 0.25) is 5.91 Å². The summed E-state index contributed by atoms with van der Waals surface area (Å²) in [4.78, 5) is 13.5. The van der Waals surface area contributed by atoms with Crippen LogP contribution >= 0.6 is 0 Å². The fraction of sp³-hybridized carbons (Fsp3) is 0.462. The molecule has 0 saturated heterocycles. The molecular formula is C13H20FN3O. The van der Waals surface area contributed by atoms with E-state index in [1.54, 1.807) is 11.0 Å². The first-order chi connectivity index (χ1) is 8.56. The highest BCUT2D eigenvalue weighted by molar-refractivity contribution is 5.76. The summed E-state index contributed by atoms with van der Waals surface area (Å²) in [6.45, 7) is 5.78. The summed E-state index contributed by atoms with van der Waals surface area (Å²) in [5.74, 6) is -0.288. The van der Waals surface area contributed by atoms with Gasteiger partial charge in [0.25, 0.3) is 0 Å². The maximum Gasteiger partial charge on any atom is 0.224 e. The second-order valence-electron chi connectivity index (χ2n) is 4.02. The Labute approximate surface area is 107 Å². The number of amides is 1. The SMILES string of the molecule is CCN(CC)C(=O)CCNc1cc(N)cc(F)c1. The van der Waals surface area contributed by atoms with Crippen molar-refractivity contribution in [3.05, 3.63) is 24.0 Å². The predicted octanol–water partition coefficient (Wildman–Crippen LogP) is 2.08. The van der Waals surface area contributed by atoms with E-state index in [2.05, 4.69) is 5.32 Å². The van der Waals surface area contributed by atoms with Gasteiger partial charge in [0.05, 0.1) is 0 Å². The molecule has 1 rings (SSSR count). The summed E-state index contributed by atoms with van der Waals surface area (Å²) >= 11 is 0. The lowest BCUT2D eigenvalue weighted by molar-refractivity contribution is -0.130. The fourth-order valence-corrected chi connectivity index (χ4v) is 1.76. The number of carbonyl (C=O) groups excluding carboxylic acids is 1. The molecule has 0 bridgehead atoms. The maximum absolute atomic E-state index is 13.1. The van der Waals surface area contributed by atoms with Crippen molar-refractivity contribution in [3.8, 4) is 0 Å². The van der Waals surface area contributed by atoms with Crippen LogP contribution in [0.4, 0.5) is 15.8 Å². The van der Waals surface area contributed by atoms with Gasteiger partial charge in [-0.2, -0.15) is 0 Å². The number of halogens is 1. The highest BCUT2D eigenvalue weighted by Gasteiger charge is 2.08. The zero-order valence-corrected chi connectivity index (χ0v) is 10.9. The Balaban J connectivity index is 2.44. The molecule has 100 valence electrons. The lowest BCUT2D eigenvalue weighted by Crippen LogP contribution is -2.31. The van der Waals surface area contributed by atoms with Gasteiger partial charge in [-0.1, -0.05) is 0 Å². The molecule has 1 aromatic carbocycles. The van der Waals surface area contributed by atoms with Crippen LogP contribution in [-0.2, 0) is 4.79 Å². The first-order valence-corrected chi connectivity index (χ1v) is 6.14. The van der Waals surface area contributed by atoms with Crippen molar-refractivity contribution in [1.29, 1.82) is 0 Å². The van der Waals surface area contributed by atoms with Gasteiger partial charge >= 0.3 is 0 Å². The Hall–Kier alpha value is -1.78. The van der Waals surface area contributed by atoms with Gasteiger partial charge in [0.1, 0.15) is 5.82 Å². The summed E-state index contributed by atoms with van der Waals surface area (Å²) in [6, 6.07) is 4.26. The minimum atomic E-state index is -0.382. The van der Waals surface area contributed by atoms with Gasteiger partial charge in [-0.05, 0) is 32.0 Å². The molecule has 0 spiro atoms. The van der Waals surface area contributed by atoms with E-state index < -0.39 is 0 Å². The topological polar surface area (TPSA) is 58.4 Å². The van der Waals surface area contributed by atoms with Crippen molar-refractivity contribution in [2.24, 2.45) is 0 Å². The van der Waals surface area contributed by atoms with Crippen LogP contribution in [0.3, 0.4) is 0 Å². The van der Waals surface area contributed by atoms with Crippen molar-refractivity contribution >= 4 is 17.3 Å². The summed E-state index contributed by atoms with van der Waals surface area (Å²) in [7, 11) is 0. The molecule has 18 heavy (non-hydrogen) atoms. The van der Waals surface area contributed by atoms with Gasteiger partial charge in [-0.25, -0.2) is 4.39 Å². The average Bonchev–Trinajstić information content (AvgIpc) is 2.29. The molecular weight excluding hydrogens is 233 g/mol. The molecule has 0 unspecified atom stereocenters. The van der Waals surface area contributed by atoms with E-state index in [1.165, 1.54) is 12.1 Å². The molecule has 0 radical (unpaired) electrons. The molecule has 5 heteroatoms. The Kier molecular flexibility index (Phi) is 5.42. The van der Waals surface area contributed by atoms with Gasteiger partial charge in [0.15, 0.2) is 0 Å². The number of nitrogens with one attached hydrogen (secondary N) is 1. The van der Waals surface area contributed by atoms with Crippen LogP contribution in [0.1, 0.15) is 20.3 Å². The summed E-state index contributed by atoms with van der Waals surface area (Å²) in [5, 5.41) is 2.99. The van der Waals surface area contributed by atoms with Crippen LogP contribution in [0, 0.1) is 5.82 Å². The minimum Gasteiger partial charge on any atom is -0.399 e. The van der Waals surface area contributed by atoms with E-state index in [9.17, 15) is 9.18 Å². The molecule has 0 aliphatic heterocycles. The van der Waals surface area contributed by atoms with Crippen molar-refractivity contribution in [3.63, 3.8) is 0 Å². The first kappa shape index (κ1) is 14.3. The van der Waals surface area contributed by atoms with E-state index in [0.29, 0.717) is 37.4 Å².